The summed E-state index contributed by atoms with van der Waals surface area (Å²) in [5, 5.41) is 17.2. The minimum absolute atomic E-state index is 0.166. The van der Waals surface area contributed by atoms with Crippen molar-refractivity contribution in [1.82, 2.24) is 25.5 Å². The predicted molar refractivity (Wildman–Crippen MR) is 69.5 cm³/mol. The van der Waals surface area contributed by atoms with Gasteiger partial charge in [0.25, 0.3) is 0 Å². The summed E-state index contributed by atoms with van der Waals surface area (Å²) in [6.07, 6.45) is 0. The molecule has 1 atom stereocenters. The number of hydrogen-bond acceptors (Lipinski definition) is 6. The van der Waals surface area contributed by atoms with Gasteiger partial charge in [-0.2, -0.15) is 0 Å². The summed E-state index contributed by atoms with van der Waals surface area (Å²) in [5.41, 5.74) is 0. The average Bonchev–Trinajstić information content (AvgIpc) is 3.04. The number of thiophene rings is 1. The van der Waals surface area contributed by atoms with E-state index in [2.05, 4.69) is 39.2 Å². The van der Waals surface area contributed by atoms with Gasteiger partial charge >= 0.3 is 0 Å². The highest BCUT2D eigenvalue weighted by Crippen LogP contribution is 2.22. The fourth-order valence-corrected chi connectivity index (χ4v) is 2.42. The third-order valence-electron chi connectivity index (χ3n) is 2.65. The summed E-state index contributed by atoms with van der Waals surface area (Å²) in [4.78, 5) is 1.25. The first-order chi connectivity index (χ1) is 8.83. The molecule has 0 aromatic carbocycles. The smallest absolute Gasteiger partial charge is 0.165 e. The van der Waals surface area contributed by atoms with Gasteiger partial charge in [0, 0.05) is 18.5 Å². The lowest BCUT2D eigenvalue weighted by Crippen LogP contribution is -2.22. The minimum Gasteiger partial charge on any atom is -0.383 e. The number of methoxy groups -OCH3 is 1. The van der Waals surface area contributed by atoms with Gasteiger partial charge in [-0.15, -0.1) is 16.4 Å². The Hall–Kier alpha value is -1.31. The van der Waals surface area contributed by atoms with Crippen molar-refractivity contribution in [2.75, 3.05) is 20.3 Å². The number of hydrogen-bond donors (Lipinski definition) is 1. The average molecular weight is 267 g/mol. The Labute approximate surface area is 110 Å². The van der Waals surface area contributed by atoms with Crippen molar-refractivity contribution < 1.29 is 4.74 Å². The normalized spacial score (nSPS) is 12.8. The molecule has 2 rings (SSSR count). The van der Waals surface area contributed by atoms with E-state index in [0.29, 0.717) is 13.2 Å². The van der Waals surface area contributed by atoms with E-state index >= 15 is 0 Å². The van der Waals surface area contributed by atoms with Crippen LogP contribution in [0, 0.1) is 0 Å². The van der Waals surface area contributed by atoms with Crippen molar-refractivity contribution in [3.8, 4) is 0 Å². The summed E-state index contributed by atoms with van der Waals surface area (Å²) in [6.45, 7) is 4.21. The molecule has 98 valence electrons. The van der Waals surface area contributed by atoms with Crippen LogP contribution in [-0.2, 0) is 11.3 Å². The second-order valence-corrected chi connectivity index (χ2v) is 4.88. The molecule has 2 aromatic rings. The van der Waals surface area contributed by atoms with Crippen molar-refractivity contribution in [1.29, 1.82) is 0 Å². The number of nitrogens with one attached hydrogen (secondary N) is 1. The molecule has 1 unspecified atom stereocenters. The number of tetrazole rings is 1. The fraction of sp³-hybridized carbons (Fsp3) is 0.545. The van der Waals surface area contributed by atoms with Crippen molar-refractivity contribution in [3.05, 3.63) is 28.2 Å². The molecule has 0 bridgehead atoms. The maximum absolute atomic E-state index is 4.98. The highest BCUT2D eigenvalue weighted by Gasteiger charge is 2.14. The van der Waals surface area contributed by atoms with Crippen LogP contribution in [-0.4, -0.2) is 40.5 Å². The summed E-state index contributed by atoms with van der Waals surface area (Å²) in [7, 11) is 1.69. The molecule has 2 heterocycles. The highest BCUT2D eigenvalue weighted by molar-refractivity contribution is 7.10. The summed E-state index contributed by atoms with van der Waals surface area (Å²) in [6, 6.07) is 4.30. The molecular formula is C11H17N5OS. The zero-order chi connectivity index (χ0) is 12.8. The predicted octanol–water partition coefficient (Wildman–Crippen LogP) is 1.08. The van der Waals surface area contributed by atoms with E-state index in [1.165, 1.54) is 4.88 Å². The summed E-state index contributed by atoms with van der Waals surface area (Å²) >= 11 is 1.71. The van der Waals surface area contributed by atoms with Gasteiger partial charge in [-0.05, 0) is 28.8 Å². The van der Waals surface area contributed by atoms with Gasteiger partial charge < -0.3 is 10.1 Å². The summed E-state index contributed by atoms with van der Waals surface area (Å²) in [5.74, 6) is 0.840. The third kappa shape index (κ3) is 3.12. The molecule has 0 radical (unpaired) electrons. The SMILES string of the molecule is COCCNCc1nnnn1C(C)c1cccs1. The number of aromatic nitrogens is 4. The van der Waals surface area contributed by atoms with E-state index < -0.39 is 0 Å². The Morgan fingerprint density at radius 2 is 2.44 bits per heavy atom. The van der Waals surface area contributed by atoms with Crippen LogP contribution >= 0.6 is 11.3 Å². The Morgan fingerprint density at radius 1 is 1.56 bits per heavy atom. The molecule has 0 aliphatic heterocycles. The number of ether oxygens (including phenoxy) is 1. The van der Waals surface area contributed by atoms with Gasteiger partial charge in [-0.3, -0.25) is 0 Å². The van der Waals surface area contributed by atoms with Crippen molar-refractivity contribution >= 4 is 11.3 Å². The molecule has 2 aromatic heterocycles. The quantitative estimate of drug-likeness (QED) is 0.760. The Balaban J connectivity index is 1.99. The zero-order valence-electron chi connectivity index (χ0n) is 10.5. The van der Waals surface area contributed by atoms with Crippen molar-refractivity contribution in [2.24, 2.45) is 0 Å². The van der Waals surface area contributed by atoms with Gasteiger partial charge in [0.1, 0.15) is 0 Å². The van der Waals surface area contributed by atoms with Gasteiger partial charge in [-0.25, -0.2) is 4.68 Å². The maximum Gasteiger partial charge on any atom is 0.165 e. The van der Waals surface area contributed by atoms with Crippen LogP contribution in [0.4, 0.5) is 0 Å². The van der Waals surface area contributed by atoms with Gasteiger partial charge in [-0.1, -0.05) is 6.07 Å². The Bertz CT molecular complexity index is 456. The second kappa shape index (κ2) is 6.58. The Kier molecular flexibility index (Phi) is 4.80. The van der Waals surface area contributed by atoms with Crippen LogP contribution < -0.4 is 5.32 Å². The monoisotopic (exact) mass is 267 g/mol. The van der Waals surface area contributed by atoms with Crippen LogP contribution in [0.25, 0.3) is 0 Å². The molecule has 0 aliphatic carbocycles. The largest absolute Gasteiger partial charge is 0.383 e. The molecule has 7 heteroatoms. The van der Waals surface area contributed by atoms with E-state index in [-0.39, 0.29) is 6.04 Å². The van der Waals surface area contributed by atoms with Gasteiger partial charge in [0.15, 0.2) is 5.82 Å². The molecule has 0 saturated carbocycles. The topological polar surface area (TPSA) is 64.9 Å². The van der Waals surface area contributed by atoms with Crippen LogP contribution in [0.1, 0.15) is 23.7 Å². The lowest BCUT2D eigenvalue weighted by molar-refractivity contribution is 0.198. The first-order valence-corrected chi connectivity index (χ1v) is 6.70. The maximum atomic E-state index is 4.98. The van der Waals surface area contributed by atoms with E-state index in [0.717, 1.165) is 12.4 Å². The van der Waals surface area contributed by atoms with E-state index in [4.69, 9.17) is 4.74 Å². The summed E-state index contributed by atoms with van der Waals surface area (Å²) < 4.78 is 6.83. The molecule has 18 heavy (non-hydrogen) atoms. The Morgan fingerprint density at radius 3 is 3.17 bits per heavy atom. The fourth-order valence-electron chi connectivity index (χ4n) is 1.65. The number of rotatable bonds is 7. The van der Waals surface area contributed by atoms with Crippen molar-refractivity contribution in [2.45, 2.75) is 19.5 Å². The molecule has 6 nitrogen and oxygen atoms in total. The standard InChI is InChI=1S/C11H17N5OS/c1-9(10-4-3-7-18-10)16-11(13-14-15-16)8-12-5-6-17-2/h3-4,7,9,12H,5-6,8H2,1-2H3. The molecular weight excluding hydrogens is 250 g/mol. The van der Waals surface area contributed by atoms with Crippen LogP contribution in [0.15, 0.2) is 17.5 Å². The highest BCUT2D eigenvalue weighted by atomic mass is 32.1. The van der Waals surface area contributed by atoms with Crippen LogP contribution in [0.3, 0.4) is 0 Å². The zero-order valence-corrected chi connectivity index (χ0v) is 11.4. The van der Waals surface area contributed by atoms with Crippen LogP contribution in [0.5, 0.6) is 0 Å². The molecule has 0 amide bonds. The second-order valence-electron chi connectivity index (χ2n) is 3.90. The minimum atomic E-state index is 0.166. The lowest BCUT2D eigenvalue weighted by atomic mass is 10.3. The van der Waals surface area contributed by atoms with Gasteiger partial charge in [0.05, 0.1) is 19.2 Å². The van der Waals surface area contributed by atoms with E-state index in [1.54, 1.807) is 18.4 Å². The molecule has 0 aliphatic rings. The van der Waals surface area contributed by atoms with E-state index in [9.17, 15) is 0 Å². The van der Waals surface area contributed by atoms with Crippen molar-refractivity contribution in [3.63, 3.8) is 0 Å². The molecule has 0 saturated heterocycles. The first-order valence-electron chi connectivity index (χ1n) is 5.82. The lowest BCUT2D eigenvalue weighted by Gasteiger charge is -2.11. The van der Waals surface area contributed by atoms with Gasteiger partial charge in [0.2, 0.25) is 0 Å². The first kappa shape index (κ1) is 13.1. The van der Waals surface area contributed by atoms with E-state index in [1.807, 2.05) is 10.7 Å². The third-order valence-corrected chi connectivity index (χ3v) is 3.69. The molecule has 1 N–H and O–H groups in total. The van der Waals surface area contributed by atoms with Crippen LogP contribution in [0.2, 0.25) is 0 Å². The number of nitrogens with zero attached hydrogens (tertiary/aromatic N) is 4. The molecule has 0 fully saturated rings. The molecule has 0 spiro atoms.